The first kappa shape index (κ1) is 15.0. The molecule has 18 heavy (non-hydrogen) atoms. The molecule has 1 amide bonds. The highest BCUT2D eigenvalue weighted by Crippen LogP contribution is 2.37. The van der Waals surface area contributed by atoms with Gasteiger partial charge in [0.2, 0.25) is 0 Å². The number of quaternary nitrogens is 1. The largest absolute Gasteiger partial charge is 0.513 e. The molecule has 2 atom stereocenters. The van der Waals surface area contributed by atoms with Crippen LogP contribution in [0.5, 0.6) is 0 Å². The minimum absolute atomic E-state index is 0.0458. The van der Waals surface area contributed by atoms with Gasteiger partial charge in [-0.15, -0.1) is 0 Å². The van der Waals surface area contributed by atoms with E-state index in [1.165, 1.54) is 0 Å². The minimum Gasteiger partial charge on any atom is -0.481 e. The van der Waals surface area contributed by atoms with Gasteiger partial charge in [-0.1, -0.05) is 0 Å². The third-order valence-electron chi connectivity index (χ3n) is 4.48. The van der Waals surface area contributed by atoms with Crippen molar-refractivity contribution in [3.63, 3.8) is 0 Å². The Bertz CT molecular complexity index is 360. The molecule has 5 nitrogen and oxygen atoms in total. The second kappa shape index (κ2) is 4.53. The Morgan fingerprint density at radius 1 is 1.11 bits per heavy atom. The number of rotatable bonds is 1. The summed E-state index contributed by atoms with van der Waals surface area (Å²) >= 11 is 0. The van der Waals surface area contributed by atoms with Gasteiger partial charge in [0.1, 0.15) is 5.54 Å². The van der Waals surface area contributed by atoms with Crippen LogP contribution in [0, 0.1) is 5.41 Å². The van der Waals surface area contributed by atoms with Crippen molar-refractivity contribution in [2.24, 2.45) is 5.41 Å². The van der Waals surface area contributed by atoms with Crippen molar-refractivity contribution < 1.29 is 24.3 Å². The highest BCUT2D eigenvalue weighted by atomic mass is 16.4. The van der Waals surface area contributed by atoms with Crippen molar-refractivity contribution in [3.05, 3.63) is 0 Å². The Kier molecular flexibility index (Phi) is 3.77. The topological polar surface area (TPSA) is 74.6 Å². The summed E-state index contributed by atoms with van der Waals surface area (Å²) < 4.78 is -0.0458. The minimum atomic E-state index is -0.850. The zero-order valence-electron chi connectivity index (χ0n) is 11.7. The molecule has 0 spiro atoms. The molecule has 0 saturated carbocycles. The molecule has 0 aliphatic carbocycles. The van der Waals surface area contributed by atoms with Crippen LogP contribution in [0.25, 0.3) is 0 Å². The molecule has 0 aromatic rings. The van der Waals surface area contributed by atoms with E-state index >= 15 is 0 Å². The van der Waals surface area contributed by atoms with E-state index in [0.717, 1.165) is 0 Å². The second-order valence-electron chi connectivity index (χ2n) is 6.59. The van der Waals surface area contributed by atoms with Crippen molar-refractivity contribution in [1.82, 2.24) is 0 Å². The predicted molar refractivity (Wildman–Crippen MR) is 67.4 cm³/mol. The lowest BCUT2D eigenvalue weighted by Crippen LogP contribution is -2.63. The third kappa shape index (κ3) is 2.36. The van der Waals surface area contributed by atoms with E-state index in [4.69, 9.17) is 0 Å². The van der Waals surface area contributed by atoms with E-state index in [0.29, 0.717) is 32.4 Å². The average Bonchev–Trinajstić information content (AvgIpc) is 2.38. The van der Waals surface area contributed by atoms with Crippen LogP contribution < -0.4 is 0 Å². The molecular weight excluding hydrogens is 234 g/mol. The maximum atomic E-state index is 11.7. The quantitative estimate of drug-likeness (QED) is 0.709. The molecule has 1 rings (SSSR count). The van der Waals surface area contributed by atoms with Crippen molar-refractivity contribution >= 4 is 12.1 Å². The van der Waals surface area contributed by atoms with Gasteiger partial charge in [-0.3, -0.25) is 4.79 Å². The average molecular weight is 258 g/mol. The van der Waals surface area contributed by atoms with Crippen LogP contribution in [0.3, 0.4) is 0 Å². The molecule has 0 radical (unpaired) electrons. The van der Waals surface area contributed by atoms with Crippen molar-refractivity contribution in [2.75, 3.05) is 13.1 Å². The molecule has 2 unspecified atom stereocenters. The monoisotopic (exact) mass is 258 g/mol. The van der Waals surface area contributed by atoms with Crippen LogP contribution in [-0.4, -0.2) is 45.4 Å². The summed E-state index contributed by atoms with van der Waals surface area (Å²) in [5.74, 6) is -0.818. The Hall–Kier alpha value is -1.10. The number of aliphatic carboxylic acids is 1. The highest BCUT2D eigenvalue weighted by molar-refractivity contribution is 5.74. The van der Waals surface area contributed by atoms with E-state index in [1.807, 2.05) is 20.8 Å². The van der Waals surface area contributed by atoms with Gasteiger partial charge in [-0.25, -0.2) is 4.48 Å². The molecule has 1 fully saturated rings. The standard InChI is InChI=1S/C13H23NO4/c1-12(2,3)14(11(17)18)8-5-6-13(4,7-9-14)10(15)16/h5-9H2,1-4H3,(H-,15,16,17,18)/p+1. The zero-order valence-corrected chi connectivity index (χ0v) is 11.7. The summed E-state index contributed by atoms with van der Waals surface area (Å²) in [6.45, 7) is 8.32. The molecule has 2 N–H and O–H groups in total. The molecule has 0 bridgehead atoms. The molecule has 0 aromatic heterocycles. The summed E-state index contributed by atoms with van der Waals surface area (Å²) in [4.78, 5) is 23.0. The van der Waals surface area contributed by atoms with Gasteiger partial charge in [0.05, 0.1) is 18.5 Å². The fourth-order valence-corrected chi connectivity index (χ4v) is 2.78. The van der Waals surface area contributed by atoms with Crippen molar-refractivity contribution in [1.29, 1.82) is 0 Å². The molecule has 1 aliphatic rings. The number of nitrogens with zero attached hydrogens (tertiary/aromatic N) is 1. The third-order valence-corrected chi connectivity index (χ3v) is 4.48. The second-order valence-corrected chi connectivity index (χ2v) is 6.59. The first-order valence-corrected chi connectivity index (χ1v) is 6.39. The van der Waals surface area contributed by atoms with Crippen LogP contribution >= 0.6 is 0 Å². The SMILES string of the molecule is CC1(C(=O)O)CCC[N+](C(=O)O)(C(C)(C)C)CC1. The van der Waals surface area contributed by atoms with E-state index < -0.39 is 23.0 Å². The normalized spacial score (nSPS) is 33.8. The Balaban J connectivity index is 3.07. The summed E-state index contributed by atoms with van der Waals surface area (Å²) in [7, 11) is 0. The smallest absolute Gasteiger partial charge is 0.481 e. The lowest BCUT2D eigenvalue weighted by Gasteiger charge is -2.43. The summed E-state index contributed by atoms with van der Waals surface area (Å²) in [6, 6.07) is 0. The fraction of sp³-hybridized carbons (Fsp3) is 0.846. The van der Waals surface area contributed by atoms with Gasteiger partial charge >= 0.3 is 12.1 Å². The van der Waals surface area contributed by atoms with Gasteiger partial charge in [0, 0.05) is 6.42 Å². The summed E-state index contributed by atoms with van der Waals surface area (Å²) in [5.41, 5.74) is -1.21. The number of amides is 1. The number of carbonyl (C=O) groups is 2. The molecule has 0 aromatic carbocycles. The van der Waals surface area contributed by atoms with Crippen LogP contribution in [0.15, 0.2) is 0 Å². The fourth-order valence-electron chi connectivity index (χ4n) is 2.78. The van der Waals surface area contributed by atoms with E-state index in [2.05, 4.69) is 0 Å². The molecule has 1 aliphatic heterocycles. The lowest BCUT2D eigenvalue weighted by atomic mass is 9.83. The van der Waals surface area contributed by atoms with Gasteiger partial charge in [-0.2, -0.15) is 4.79 Å². The molecule has 104 valence electrons. The Morgan fingerprint density at radius 2 is 1.67 bits per heavy atom. The van der Waals surface area contributed by atoms with Crippen LogP contribution in [0.4, 0.5) is 4.79 Å². The van der Waals surface area contributed by atoms with Crippen molar-refractivity contribution in [3.8, 4) is 0 Å². The summed E-state index contributed by atoms with van der Waals surface area (Å²) in [5, 5.41) is 18.9. The lowest BCUT2D eigenvalue weighted by molar-refractivity contribution is -0.903. The number of likely N-dealkylation sites (tertiary alicyclic amines) is 1. The van der Waals surface area contributed by atoms with Crippen LogP contribution in [-0.2, 0) is 4.79 Å². The van der Waals surface area contributed by atoms with Gasteiger partial charge < -0.3 is 10.2 Å². The zero-order chi connectivity index (χ0) is 14.2. The first-order chi connectivity index (χ1) is 8.05. The van der Waals surface area contributed by atoms with E-state index in [-0.39, 0.29) is 4.48 Å². The maximum absolute atomic E-state index is 11.7. The Morgan fingerprint density at radius 3 is 2.06 bits per heavy atom. The molecule has 1 saturated heterocycles. The molecule has 5 heteroatoms. The Labute approximate surface area is 108 Å². The maximum Gasteiger partial charge on any atom is 0.513 e. The van der Waals surface area contributed by atoms with Crippen LogP contribution in [0.2, 0.25) is 0 Å². The number of carboxylic acid groups (broad SMARTS) is 2. The molecular formula is C13H24NO4+. The van der Waals surface area contributed by atoms with Gasteiger partial charge in [-0.05, 0) is 40.5 Å². The number of carboxylic acids is 1. The van der Waals surface area contributed by atoms with Gasteiger partial charge in [0.15, 0.2) is 0 Å². The van der Waals surface area contributed by atoms with E-state index in [1.54, 1.807) is 6.92 Å². The highest BCUT2D eigenvalue weighted by Gasteiger charge is 2.51. The summed E-state index contributed by atoms with van der Waals surface area (Å²) in [6.07, 6.45) is 0.737. The van der Waals surface area contributed by atoms with Crippen molar-refractivity contribution in [2.45, 2.75) is 52.5 Å². The first-order valence-electron chi connectivity index (χ1n) is 6.39. The van der Waals surface area contributed by atoms with E-state index in [9.17, 15) is 19.8 Å². The molecule has 1 heterocycles. The number of hydrogen-bond donors (Lipinski definition) is 2. The van der Waals surface area contributed by atoms with Gasteiger partial charge in [0.25, 0.3) is 0 Å². The van der Waals surface area contributed by atoms with Crippen LogP contribution in [0.1, 0.15) is 47.0 Å². The predicted octanol–water partition coefficient (Wildman–Crippen LogP) is 2.55. The number of hydrogen-bond acceptors (Lipinski definition) is 2.